The topological polar surface area (TPSA) is 63.0 Å². The number of carbonyl (C=O) groups is 2. The molecule has 1 saturated heterocycles. The van der Waals surface area contributed by atoms with Crippen molar-refractivity contribution in [3.63, 3.8) is 0 Å². The highest BCUT2D eigenvalue weighted by molar-refractivity contribution is 5.94. The fourth-order valence-corrected chi connectivity index (χ4v) is 2.73. The van der Waals surface area contributed by atoms with E-state index < -0.39 is 0 Å². The van der Waals surface area contributed by atoms with Crippen LogP contribution in [0.15, 0.2) is 23.0 Å². The number of rotatable bonds is 7. The van der Waals surface area contributed by atoms with E-state index in [4.69, 9.17) is 9.15 Å². The van der Waals surface area contributed by atoms with Gasteiger partial charge in [-0.2, -0.15) is 0 Å². The molecule has 0 bridgehead atoms. The molecule has 0 radical (unpaired) electrons. The third-order valence-corrected chi connectivity index (χ3v) is 4.35. The van der Waals surface area contributed by atoms with Gasteiger partial charge in [0.2, 0.25) is 5.91 Å². The van der Waals surface area contributed by atoms with Gasteiger partial charge in [-0.25, -0.2) is 0 Å². The molecule has 6 nitrogen and oxygen atoms in total. The minimum atomic E-state index is -0.129. The first kappa shape index (κ1) is 17.5. The van der Waals surface area contributed by atoms with Crippen molar-refractivity contribution in [3.8, 4) is 0 Å². The quantitative estimate of drug-likeness (QED) is 0.770. The number of methoxy groups -OCH3 is 1. The summed E-state index contributed by atoms with van der Waals surface area (Å²) in [6, 6.07) is 1.63. The number of hydrogen-bond donors (Lipinski definition) is 0. The van der Waals surface area contributed by atoms with E-state index in [1.54, 1.807) is 18.1 Å². The van der Waals surface area contributed by atoms with E-state index >= 15 is 0 Å². The van der Waals surface area contributed by atoms with Crippen LogP contribution in [0.5, 0.6) is 0 Å². The van der Waals surface area contributed by atoms with Gasteiger partial charge in [0.15, 0.2) is 0 Å². The lowest BCUT2D eigenvalue weighted by Gasteiger charge is -2.31. The highest BCUT2D eigenvalue weighted by atomic mass is 16.5. The SMILES string of the molecule is COCCN(CCC(=O)N1CCC(C)CC1)C(=O)c1ccoc1. The summed E-state index contributed by atoms with van der Waals surface area (Å²) in [6.45, 7) is 5.18. The highest BCUT2D eigenvalue weighted by Crippen LogP contribution is 2.17. The average molecular weight is 322 g/mol. The van der Waals surface area contributed by atoms with E-state index in [2.05, 4.69) is 6.92 Å². The normalized spacial score (nSPS) is 15.7. The van der Waals surface area contributed by atoms with Crippen LogP contribution in [-0.4, -0.2) is 61.5 Å². The van der Waals surface area contributed by atoms with Crippen LogP contribution < -0.4 is 0 Å². The molecule has 2 amide bonds. The van der Waals surface area contributed by atoms with E-state index in [1.165, 1.54) is 12.5 Å². The molecule has 0 spiro atoms. The van der Waals surface area contributed by atoms with Gasteiger partial charge >= 0.3 is 0 Å². The van der Waals surface area contributed by atoms with Crippen LogP contribution in [0.25, 0.3) is 0 Å². The Morgan fingerprint density at radius 1 is 1.35 bits per heavy atom. The average Bonchev–Trinajstić information content (AvgIpc) is 3.09. The Hall–Kier alpha value is -1.82. The fourth-order valence-electron chi connectivity index (χ4n) is 2.73. The van der Waals surface area contributed by atoms with Gasteiger partial charge in [0.25, 0.3) is 5.91 Å². The summed E-state index contributed by atoms with van der Waals surface area (Å²) < 4.78 is 10.0. The van der Waals surface area contributed by atoms with Crippen molar-refractivity contribution in [2.45, 2.75) is 26.2 Å². The van der Waals surface area contributed by atoms with Gasteiger partial charge < -0.3 is 19.0 Å². The van der Waals surface area contributed by atoms with Gasteiger partial charge in [-0.3, -0.25) is 9.59 Å². The summed E-state index contributed by atoms with van der Waals surface area (Å²) in [5.41, 5.74) is 0.500. The van der Waals surface area contributed by atoms with Gasteiger partial charge in [0.05, 0.1) is 18.4 Å². The molecule has 0 atom stereocenters. The summed E-state index contributed by atoms with van der Waals surface area (Å²) in [7, 11) is 1.60. The van der Waals surface area contributed by atoms with Gasteiger partial charge in [0.1, 0.15) is 6.26 Å². The molecule has 2 heterocycles. The Bertz CT molecular complexity index is 493. The first-order chi connectivity index (χ1) is 11.1. The molecule has 1 aliphatic rings. The first-order valence-corrected chi connectivity index (χ1v) is 8.20. The monoisotopic (exact) mass is 322 g/mol. The number of carbonyl (C=O) groups excluding carboxylic acids is 2. The van der Waals surface area contributed by atoms with Crippen LogP contribution in [0.3, 0.4) is 0 Å². The van der Waals surface area contributed by atoms with Crippen molar-refractivity contribution in [1.29, 1.82) is 0 Å². The Morgan fingerprint density at radius 3 is 2.70 bits per heavy atom. The third kappa shape index (κ3) is 5.10. The zero-order chi connectivity index (χ0) is 16.7. The van der Waals surface area contributed by atoms with E-state index in [0.717, 1.165) is 25.9 Å². The second-order valence-electron chi connectivity index (χ2n) is 6.11. The fraction of sp³-hybridized carbons (Fsp3) is 0.647. The Kier molecular flexibility index (Phi) is 6.65. The zero-order valence-corrected chi connectivity index (χ0v) is 14.0. The number of ether oxygens (including phenoxy) is 1. The largest absolute Gasteiger partial charge is 0.472 e. The summed E-state index contributed by atoms with van der Waals surface area (Å²) >= 11 is 0. The molecule has 0 unspecified atom stereocenters. The molecule has 0 saturated carbocycles. The van der Waals surface area contributed by atoms with Crippen LogP contribution >= 0.6 is 0 Å². The van der Waals surface area contributed by atoms with Gasteiger partial charge in [-0.15, -0.1) is 0 Å². The van der Waals surface area contributed by atoms with Crippen molar-refractivity contribution in [1.82, 2.24) is 9.80 Å². The van der Waals surface area contributed by atoms with E-state index in [0.29, 0.717) is 37.6 Å². The minimum Gasteiger partial charge on any atom is -0.472 e. The summed E-state index contributed by atoms with van der Waals surface area (Å²) in [5.74, 6) is 0.690. The first-order valence-electron chi connectivity index (χ1n) is 8.20. The highest BCUT2D eigenvalue weighted by Gasteiger charge is 2.22. The molecular weight excluding hydrogens is 296 g/mol. The van der Waals surface area contributed by atoms with Crippen molar-refractivity contribution in [3.05, 3.63) is 24.2 Å². The molecule has 23 heavy (non-hydrogen) atoms. The standard InChI is InChI=1S/C17H26N2O4/c1-14-3-7-18(8-4-14)16(20)5-9-19(10-12-22-2)17(21)15-6-11-23-13-15/h6,11,13-14H,3-5,7-10,12H2,1-2H3. The van der Waals surface area contributed by atoms with E-state index in [9.17, 15) is 9.59 Å². The lowest BCUT2D eigenvalue weighted by atomic mass is 9.99. The van der Waals surface area contributed by atoms with Crippen molar-refractivity contribution in [2.24, 2.45) is 5.92 Å². The summed E-state index contributed by atoms with van der Waals surface area (Å²) in [6.07, 6.45) is 5.37. The van der Waals surface area contributed by atoms with Crippen LogP contribution in [0.4, 0.5) is 0 Å². The predicted octanol–water partition coefficient (Wildman–Crippen LogP) is 2.02. The zero-order valence-electron chi connectivity index (χ0n) is 14.0. The minimum absolute atomic E-state index is 0.124. The summed E-state index contributed by atoms with van der Waals surface area (Å²) in [4.78, 5) is 28.3. The lowest BCUT2D eigenvalue weighted by molar-refractivity contribution is -0.132. The second kappa shape index (κ2) is 8.72. The van der Waals surface area contributed by atoms with E-state index in [1.807, 2.05) is 4.90 Å². The predicted molar refractivity (Wildman–Crippen MR) is 86.1 cm³/mol. The van der Waals surface area contributed by atoms with Crippen LogP contribution in [0.1, 0.15) is 36.5 Å². The number of nitrogens with zero attached hydrogens (tertiary/aromatic N) is 2. The molecule has 2 rings (SSSR count). The Labute approximate surface area is 137 Å². The summed E-state index contributed by atoms with van der Waals surface area (Å²) in [5, 5.41) is 0. The molecule has 128 valence electrons. The molecule has 1 aliphatic heterocycles. The molecular formula is C17H26N2O4. The number of piperidine rings is 1. The lowest BCUT2D eigenvalue weighted by Crippen LogP contribution is -2.41. The molecule has 1 aromatic rings. The number of furan rings is 1. The van der Waals surface area contributed by atoms with Gasteiger partial charge in [0, 0.05) is 39.7 Å². The molecule has 0 aromatic carbocycles. The molecule has 0 aliphatic carbocycles. The maximum atomic E-state index is 12.4. The maximum Gasteiger partial charge on any atom is 0.257 e. The molecule has 0 N–H and O–H groups in total. The van der Waals surface area contributed by atoms with E-state index in [-0.39, 0.29) is 11.8 Å². The Morgan fingerprint density at radius 2 is 2.09 bits per heavy atom. The smallest absolute Gasteiger partial charge is 0.257 e. The number of hydrogen-bond acceptors (Lipinski definition) is 4. The van der Waals surface area contributed by atoms with Gasteiger partial charge in [-0.1, -0.05) is 6.92 Å². The van der Waals surface area contributed by atoms with Crippen molar-refractivity contribution < 1.29 is 18.7 Å². The Balaban J connectivity index is 1.87. The molecule has 1 fully saturated rings. The molecule has 6 heteroatoms. The number of likely N-dealkylation sites (tertiary alicyclic amines) is 1. The van der Waals surface area contributed by atoms with Crippen LogP contribution in [-0.2, 0) is 9.53 Å². The van der Waals surface area contributed by atoms with Crippen molar-refractivity contribution in [2.75, 3.05) is 39.9 Å². The molecule has 1 aromatic heterocycles. The maximum absolute atomic E-state index is 12.4. The van der Waals surface area contributed by atoms with Crippen LogP contribution in [0, 0.1) is 5.92 Å². The third-order valence-electron chi connectivity index (χ3n) is 4.35. The van der Waals surface area contributed by atoms with Crippen LogP contribution in [0.2, 0.25) is 0 Å². The number of amides is 2. The van der Waals surface area contributed by atoms with Gasteiger partial charge in [-0.05, 0) is 24.8 Å². The second-order valence-corrected chi connectivity index (χ2v) is 6.11. The van der Waals surface area contributed by atoms with Crippen molar-refractivity contribution >= 4 is 11.8 Å².